The molecule has 0 saturated carbocycles. The summed E-state index contributed by atoms with van der Waals surface area (Å²) in [6.07, 6.45) is 0. The van der Waals surface area contributed by atoms with Crippen LogP contribution in [0.25, 0.3) is 0 Å². The summed E-state index contributed by atoms with van der Waals surface area (Å²) >= 11 is 0. The molecule has 4 heteroatoms. The van der Waals surface area contributed by atoms with Gasteiger partial charge in [0.15, 0.2) is 0 Å². The lowest BCUT2D eigenvalue weighted by Crippen LogP contribution is -2.10. The Morgan fingerprint density at radius 3 is 2.56 bits per heavy atom. The summed E-state index contributed by atoms with van der Waals surface area (Å²) < 4.78 is 1.91. The summed E-state index contributed by atoms with van der Waals surface area (Å²) in [7, 11) is 0. The van der Waals surface area contributed by atoms with Gasteiger partial charge < -0.3 is 5.73 Å². The molecule has 0 bridgehead atoms. The fourth-order valence-corrected chi connectivity index (χ4v) is 1.80. The second kappa shape index (κ2) is 4.45. The van der Waals surface area contributed by atoms with Crippen molar-refractivity contribution in [2.75, 3.05) is 0 Å². The number of rotatable bonds is 3. The zero-order chi connectivity index (χ0) is 11.5. The molecule has 84 valence electrons. The van der Waals surface area contributed by atoms with Crippen LogP contribution in [-0.2, 0) is 6.54 Å². The Hall–Kier alpha value is -1.68. The summed E-state index contributed by atoms with van der Waals surface area (Å²) in [5.74, 6) is 0. The van der Waals surface area contributed by atoms with E-state index in [4.69, 9.17) is 5.73 Å². The highest BCUT2D eigenvalue weighted by Crippen LogP contribution is 2.18. The van der Waals surface area contributed by atoms with Gasteiger partial charge in [-0.2, -0.15) is 0 Å². The van der Waals surface area contributed by atoms with Gasteiger partial charge in [-0.25, -0.2) is 4.68 Å². The van der Waals surface area contributed by atoms with Crippen LogP contribution in [0.15, 0.2) is 30.3 Å². The van der Waals surface area contributed by atoms with Crippen molar-refractivity contribution in [3.63, 3.8) is 0 Å². The van der Waals surface area contributed by atoms with Gasteiger partial charge in [-0.1, -0.05) is 35.5 Å². The largest absolute Gasteiger partial charge is 0.325 e. The molecule has 1 aromatic carbocycles. The zero-order valence-corrected chi connectivity index (χ0v) is 9.59. The second-order valence-electron chi connectivity index (χ2n) is 3.86. The molecule has 0 aliphatic carbocycles. The zero-order valence-electron chi connectivity index (χ0n) is 9.59. The van der Waals surface area contributed by atoms with E-state index in [1.807, 2.05) is 29.8 Å². The van der Waals surface area contributed by atoms with Crippen LogP contribution in [0.2, 0.25) is 0 Å². The normalized spacial score (nSPS) is 12.7. The molecule has 0 amide bonds. The van der Waals surface area contributed by atoms with Crippen molar-refractivity contribution in [2.45, 2.75) is 26.4 Å². The highest BCUT2D eigenvalue weighted by Gasteiger charge is 2.13. The number of aromatic nitrogens is 3. The molecule has 0 aliphatic heterocycles. The minimum atomic E-state index is 0.189. The van der Waals surface area contributed by atoms with Crippen LogP contribution >= 0.6 is 0 Å². The van der Waals surface area contributed by atoms with Crippen molar-refractivity contribution in [1.82, 2.24) is 15.0 Å². The Bertz CT molecular complexity index is 461. The second-order valence-corrected chi connectivity index (χ2v) is 3.86. The van der Waals surface area contributed by atoms with E-state index in [0.29, 0.717) is 6.54 Å². The maximum atomic E-state index is 5.59. The van der Waals surface area contributed by atoms with Crippen LogP contribution in [0.1, 0.15) is 29.9 Å². The molecule has 0 saturated heterocycles. The quantitative estimate of drug-likeness (QED) is 0.848. The molecule has 0 radical (unpaired) electrons. The predicted octanol–water partition coefficient (Wildman–Crippen LogP) is 1.65. The van der Waals surface area contributed by atoms with Gasteiger partial charge in [-0.05, 0) is 19.4 Å². The molecule has 1 unspecified atom stereocenters. The van der Waals surface area contributed by atoms with E-state index >= 15 is 0 Å². The fourth-order valence-electron chi connectivity index (χ4n) is 1.80. The first-order valence-corrected chi connectivity index (χ1v) is 5.39. The molecule has 0 spiro atoms. The average molecular weight is 216 g/mol. The van der Waals surface area contributed by atoms with Gasteiger partial charge in [-0.3, -0.25) is 0 Å². The van der Waals surface area contributed by atoms with Crippen molar-refractivity contribution in [1.29, 1.82) is 0 Å². The van der Waals surface area contributed by atoms with Crippen molar-refractivity contribution in [3.05, 3.63) is 47.3 Å². The number of nitrogens with two attached hydrogens (primary N) is 1. The number of nitrogens with zero attached hydrogens (tertiary/aromatic N) is 3. The first-order valence-electron chi connectivity index (χ1n) is 5.39. The molecule has 0 fully saturated rings. The molecule has 2 rings (SSSR count). The van der Waals surface area contributed by atoms with E-state index in [9.17, 15) is 0 Å². The van der Waals surface area contributed by atoms with Crippen molar-refractivity contribution < 1.29 is 0 Å². The topological polar surface area (TPSA) is 56.7 Å². The third-order valence-electron chi connectivity index (χ3n) is 2.87. The first kappa shape index (κ1) is 10.8. The van der Waals surface area contributed by atoms with Crippen LogP contribution < -0.4 is 5.73 Å². The summed E-state index contributed by atoms with van der Waals surface area (Å²) in [6, 6.07) is 10.4. The van der Waals surface area contributed by atoms with Crippen molar-refractivity contribution in [3.8, 4) is 0 Å². The maximum Gasteiger partial charge on any atom is 0.0992 e. The lowest BCUT2D eigenvalue weighted by molar-refractivity contribution is 0.531. The van der Waals surface area contributed by atoms with Crippen LogP contribution in [0, 0.1) is 6.92 Å². The Labute approximate surface area is 95.1 Å². The molecule has 1 aromatic heterocycles. The fraction of sp³-hybridized carbons (Fsp3) is 0.333. The van der Waals surface area contributed by atoms with E-state index in [2.05, 4.69) is 29.4 Å². The van der Waals surface area contributed by atoms with E-state index in [1.165, 1.54) is 5.56 Å². The van der Waals surface area contributed by atoms with Gasteiger partial charge in [0.25, 0.3) is 0 Å². The third-order valence-corrected chi connectivity index (χ3v) is 2.87. The van der Waals surface area contributed by atoms with Gasteiger partial charge in [0.1, 0.15) is 0 Å². The molecule has 2 N–H and O–H groups in total. The molecule has 1 heterocycles. The van der Waals surface area contributed by atoms with E-state index in [-0.39, 0.29) is 6.04 Å². The van der Waals surface area contributed by atoms with Crippen molar-refractivity contribution >= 4 is 0 Å². The van der Waals surface area contributed by atoms with Crippen LogP contribution in [-0.4, -0.2) is 15.0 Å². The number of benzene rings is 1. The summed E-state index contributed by atoms with van der Waals surface area (Å²) in [6.45, 7) is 4.55. The Morgan fingerprint density at radius 2 is 2.00 bits per heavy atom. The average Bonchev–Trinajstić information content (AvgIpc) is 2.70. The lowest BCUT2D eigenvalue weighted by atomic mass is 10.1. The van der Waals surface area contributed by atoms with Gasteiger partial charge >= 0.3 is 0 Å². The monoisotopic (exact) mass is 216 g/mol. The minimum Gasteiger partial charge on any atom is -0.325 e. The minimum absolute atomic E-state index is 0.189. The van der Waals surface area contributed by atoms with Gasteiger partial charge in [0, 0.05) is 6.54 Å². The standard InChI is InChI=1S/C12H16N4/c1-9(11-6-4-3-5-7-11)16-10(2)12(8-13)14-15-16/h3-7,9H,8,13H2,1-2H3. The van der Waals surface area contributed by atoms with Crippen LogP contribution in [0.4, 0.5) is 0 Å². The Kier molecular flexibility index (Phi) is 3.01. The van der Waals surface area contributed by atoms with Crippen LogP contribution in [0.5, 0.6) is 0 Å². The van der Waals surface area contributed by atoms with Gasteiger partial charge in [-0.15, -0.1) is 5.10 Å². The number of hydrogen-bond acceptors (Lipinski definition) is 3. The van der Waals surface area contributed by atoms with E-state index in [1.54, 1.807) is 0 Å². The predicted molar refractivity (Wildman–Crippen MR) is 62.9 cm³/mol. The molecule has 2 aromatic rings. The highest BCUT2D eigenvalue weighted by molar-refractivity contribution is 5.20. The molecule has 1 atom stereocenters. The SMILES string of the molecule is Cc1c(CN)nnn1C(C)c1ccccc1. The Morgan fingerprint density at radius 1 is 1.31 bits per heavy atom. The van der Waals surface area contributed by atoms with Crippen molar-refractivity contribution in [2.24, 2.45) is 5.73 Å². The summed E-state index contributed by atoms with van der Waals surface area (Å²) in [4.78, 5) is 0. The highest BCUT2D eigenvalue weighted by atomic mass is 15.4. The number of hydrogen-bond donors (Lipinski definition) is 1. The van der Waals surface area contributed by atoms with Gasteiger partial charge in [0.05, 0.1) is 17.4 Å². The summed E-state index contributed by atoms with van der Waals surface area (Å²) in [5.41, 5.74) is 8.71. The smallest absolute Gasteiger partial charge is 0.0992 e. The first-order chi connectivity index (χ1) is 7.74. The van der Waals surface area contributed by atoms with Gasteiger partial charge in [0.2, 0.25) is 0 Å². The molecule has 4 nitrogen and oxygen atoms in total. The van der Waals surface area contributed by atoms with E-state index in [0.717, 1.165) is 11.4 Å². The maximum absolute atomic E-state index is 5.59. The van der Waals surface area contributed by atoms with E-state index < -0.39 is 0 Å². The molecular weight excluding hydrogens is 200 g/mol. The summed E-state index contributed by atoms with van der Waals surface area (Å²) in [5, 5.41) is 8.22. The molecular formula is C12H16N4. The Balaban J connectivity index is 2.34. The molecule has 0 aliphatic rings. The van der Waals surface area contributed by atoms with Crippen LogP contribution in [0.3, 0.4) is 0 Å². The third kappa shape index (κ3) is 1.84. The lowest BCUT2D eigenvalue weighted by Gasteiger charge is -2.13. The molecule has 16 heavy (non-hydrogen) atoms.